The second-order valence-corrected chi connectivity index (χ2v) is 11.0. The van der Waals surface area contributed by atoms with Crippen LogP contribution in [0.15, 0.2) is 0 Å². The fourth-order valence-electron chi connectivity index (χ4n) is 8.35. The van der Waals surface area contributed by atoms with Gasteiger partial charge in [0.2, 0.25) is 0 Å². The van der Waals surface area contributed by atoms with Gasteiger partial charge in [0.05, 0.1) is 6.10 Å². The summed E-state index contributed by atoms with van der Waals surface area (Å²) in [6.07, 6.45) is 9.37. The number of fused-ring (bicyclic) bond motifs is 5. The van der Waals surface area contributed by atoms with E-state index in [2.05, 4.69) is 32.8 Å². The zero-order chi connectivity index (χ0) is 18.9. The van der Waals surface area contributed by atoms with Gasteiger partial charge in [0.15, 0.2) is 0 Å². The van der Waals surface area contributed by atoms with Gasteiger partial charge in [-0.3, -0.25) is 4.79 Å². The van der Waals surface area contributed by atoms with Crippen LogP contribution in [0.1, 0.15) is 72.1 Å². The second-order valence-electron chi connectivity index (χ2n) is 11.0. The quantitative estimate of drug-likeness (QED) is 0.804. The van der Waals surface area contributed by atoms with Crippen LogP contribution in [0.3, 0.4) is 0 Å². The standard InChI is InChI=1S/C23H39NO2/c1-14(25)21-20(26)13-19-17-7-6-15-12-16(24(4)5)8-10-22(15,2)18(17)9-11-23(19,21)3/h14-19,21,25H,6-13H2,1-5H3. The summed E-state index contributed by atoms with van der Waals surface area (Å²) in [5.41, 5.74) is 0.513. The highest BCUT2D eigenvalue weighted by atomic mass is 16.3. The van der Waals surface area contributed by atoms with Gasteiger partial charge in [-0.15, -0.1) is 0 Å². The Morgan fingerprint density at radius 2 is 1.73 bits per heavy atom. The van der Waals surface area contributed by atoms with Crippen LogP contribution in [0.4, 0.5) is 0 Å². The molecule has 0 aliphatic heterocycles. The van der Waals surface area contributed by atoms with Crippen molar-refractivity contribution in [3.8, 4) is 0 Å². The number of aliphatic hydroxyl groups excluding tert-OH is 1. The van der Waals surface area contributed by atoms with Gasteiger partial charge in [-0.2, -0.15) is 0 Å². The number of hydrogen-bond acceptors (Lipinski definition) is 3. The van der Waals surface area contributed by atoms with Gasteiger partial charge >= 0.3 is 0 Å². The van der Waals surface area contributed by atoms with Gasteiger partial charge in [0.1, 0.15) is 5.78 Å². The molecule has 148 valence electrons. The van der Waals surface area contributed by atoms with E-state index in [4.69, 9.17) is 0 Å². The molecule has 4 aliphatic rings. The lowest BCUT2D eigenvalue weighted by atomic mass is 9.44. The summed E-state index contributed by atoms with van der Waals surface area (Å²) in [6, 6.07) is 0.756. The molecule has 0 aromatic rings. The van der Waals surface area contributed by atoms with Crippen molar-refractivity contribution in [3.05, 3.63) is 0 Å². The van der Waals surface area contributed by atoms with E-state index in [1.54, 1.807) is 0 Å². The van der Waals surface area contributed by atoms with E-state index in [0.717, 1.165) is 30.7 Å². The van der Waals surface area contributed by atoms with E-state index in [1.165, 1.54) is 38.5 Å². The van der Waals surface area contributed by atoms with Crippen LogP contribution in [0, 0.1) is 40.4 Å². The Labute approximate surface area is 159 Å². The monoisotopic (exact) mass is 361 g/mol. The molecule has 0 radical (unpaired) electrons. The molecule has 0 amide bonds. The van der Waals surface area contributed by atoms with Gasteiger partial charge in [-0.25, -0.2) is 0 Å². The number of nitrogens with zero attached hydrogens (tertiary/aromatic N) is 1. The summed E-state index contributed by atoms with van der Waals surface area (Å²) in [5, 5.41) is 10.3. The topological polar surface area (TPSA) is 40.5 Å². The first-order valence-corrected chi connectivity index (χ1v) is 11.1. The van der Waals surface area contributed by atoms with Crippen molar-refractivity contribution in [2.75, 3.05) is 14.1 Å². The van der Waals surface area contributed by atoms with Crippen molar-refractivity contribution in [1.29, 1.82) is 0 Å². The molecule has 4 rings (SSSR count). The number of rotatable bonds is 2. The zero-order valence-electron chi connectivity index (χ0n) is 17.5. The molecule has 1 N–H and O–H groups in total. The Bertz CT molecular complexity index is 573. The van der Waals surface area contributed by atoms with Crippen LogP contribution >= 0.6 is 0 Å². The molecule has 0 heterocycles. The number of carbonyl (C=O) groups excluding carboxylic acids is 1. The fourth-order valence-corrected chi connectivity index (χ4v) is 8.35. The molecule has 9 atom stereocenters. The SMILES string of the molecule is CC(O)C1C(=O)CC2C3CCC4CC(N(C)C)CCC4(C)C3CCC21C. The van der Waals surface area contributed by atoms with E-state index in [-0.39, 0.29) is 11.3 Å². The molecule has 0 saturated heterocycles. The molecule has 0 aromatic carbocycles. The van der Waals surface area contributed by atoms with Crippen molar-refractivity contribution in [2.24, 2.45) is 40.4 Å². The summed E-state index contributed by atoms with van der Waals surface area (Å²) < 4.78 is 0. The van der Waals surface area contributed by atoms with Crippen LogP contribution in [0.2, 0.25) is 0 Å². The van der Waals surface area contributed by atoms with E-state index < -0.39 is 6.10 Å². The summed E-state index contributed by atoms with van der Waals surface area (Å²) in [6.45, 7) is 6.75. The number of aliphatic hydroxyl groups is 1. The fraction of sp³-hybridized carbons (Fsp3) is 0.957. The maximum atomic E-state index is 12.8. The Morgan fingerprint density at radius 3 is 2.38 bits per heavy atom. The lowest BCUT2D eigenvalue weighted by Gasteiger charge is -2.61. The number of Topliss-reactive ketones (excluding diaryl/α,β-unsaturated/α-hetero) is 1. The first-order valence-electron chi connectivity index (χ1n) is 11.1. The van der Waals surface area contributed by atoms with Crippen LogP contribution in [-0.2, 0) is 4.79 Å². The zero-order valence-corrected chi connectivity index (χ0v) is 17.5. The molecule has 4 aliphatic carbocycles. The molecule has 3 heteroatoms. The average Bonchev–Trinajstić information content (AvgIpc) is 2.84. The predicted octanol–water partition coefficient (Wildman–Crippen LogP) is 4.14. The van der Waals surface area contributed by atoms with E-state index in [9.17, 15) is 9.90 Å². The molecule has 26 heavy (non-hydrogen) atoms. The summed E-state index contributed by atoms with van der Waals surface area (Å²) in [4.78, 5) is 15.2. The molecule has 0 aromatic heterocycles. The Balaban J connectivity index is 1.59. The highest BCUT2D eigenvalue weighted by Gasteiger charge is 2.63. The summed E-state index contributed by atoms with van der Waals surface area (Å²) in [7, 11) is 4.48. The first kappa shape index (κ1) is 18.9. The molecule has 0 spiro atoms. The highest BCUT2D eigenvalue weighted by Crippen LogP contribution is 2.67. The van der Waals surface area contributed by atoms with Gasteiger partial charge in [-0.05, 0) is 100 Å². The normalized spacial score (nSPS) is 52.3. The lowest BCUT2D eigenvalue weighted by Crippen LogP contribution is -2.55. The Morgan fingerprint density at radius 1 is 1.04 bits per heavy atom. The Kier molecular flexibility index (Phi) is 4.59. The Hall–Kier alpha value is -0.410. The second kappa shape index (κ2) is 6.30. The smallest absolute Gasteiger partial charge is 0.139 e. The molecule has 3 nitrogen and oxygen atoms in total. The van der Waals surface area contributed by atoms with Gasteiger partial charge in [0, 0.05) is 18.4 Å². The minimum absolute atomic E-state index is 0.0381. The minimum atomic E-state index is -0.489. The van der Waals surface area contributed by atoms with Crippen LogP contribution in [0.5, 0.6) is 0 Å². The molecule has 9 unspecified atom stereocenters. The van der Waals surface area contributed by atoms with Gasteiger partial charge in [-0.1, -0.05) is 13.8 Å². The largest absolute Gasteiger partial charge is 0.393 e. The van der Waals surface area contributed by atoms with Crippen molar-refractivity contribution < 1.29 is 9.90 Å². The molecular formula is C23H39NO2. The van der Waals surface area contributed by atoms with Gasteiger partial charge in [0.25, 0.3) is 0 Å². The molecule has 0 bridgehead atoms. The molecule has 4 saturated carbocycles. The van der Waals surface area contributed by atoms with Crippen molar-refractivity contribution >= 4 is 5.78 Å². The van der Waals surface area contributed by atoms with E-state index >= 15 is 0 Å². The van der Waals surface area contributed by atoms with Crippen molar-refractivity contribution in [1.82, 2.24) is 4.90 Å². The number of ketones is 1. The highest BCUT2D eigenvalue weighted by molar-refractivity contribution is 5.85. The molecular weight excluding hydrogens is 322 g/mol. The van der Waals surface area contributed by atoms with Crippen LogP contribution < -0.4 is 0 Å². The molecule has 4 fully saturated rings. The third-order valence-electron chi connectivity index (χ3n) is 9.77. The third kappa shape index (κ3) is 2.56. The summed E-state index contributed by atoms with van der Waals surface area (Å²) >= 11 is 0. The average molecular weight is 362 g/mol. The first-order chi connectivity index (χ1) is 12.2. The predicted molar refractivity (Wildman–Crippen MR) is 105 cm³/mol. The third-order valence-corrected chi connectivity index (χ3v) is 9.77. The maximum Gasteiger partial charge on any atom is 0.139 e. The summed E-state index contributed by atoms with van der Waals surface area (Å²) in [5.74, 6) is 3.10. The lowest BCUT2D eigenvalue weighted by molar-refractivity contribution is -0.132. The van der Waals surface area contributed by atoms with Gasteiger partial charge < -0.3 is 10.0 Å². The van der Waals surface area contributed by atoms with Crippen LogP contribution in [0.25, 0.3) is 0 Å². The van der Waals surface area contributed by atoms with E-state index in [0.29, 0.717) is 23.0 Å². The van der Waals surface area contributed by atoms with E-state index in [1.807, 2.05) is 6.92 Å². The number of hydrogen-bond donors (Lipinski definition) is 1. The van der Waals surface area contributed by atoms with Crippen molar-refractivity contribution in [3.63, 3.8) is 0 Å². The number of carbonyl (C=O) groups is 1. The maximum absolute atomic E-state index is 12.8. The van der Waals surface area contributed by atoms with Crippen molar-refractivity contribution in [2.45, 2.75) is 84.3 Å². The van der Waals surface area contributed by atoms with Crippen LogP contribution in [-0.4, -0.2) is 42.0 Å². The minimum Gasteiger partial charge on any atom is -0.393 e.